The van der Waals surface area contributed by atoms with Crippen molar-refractivity contribution in [2.24, 2.45) is 0 Å². The van der Waals surface area contributed by atoms with Crippen LogP contribution in [0, 0.1) is 11.6 Å². The number of anilines is 2. The fraction of sp³-hybridized carbons (Fsp3) is 0.294. The van der Waals surface area contributed by atoms with Gasteiger partial charge in [0.05, 0.1) is 46.3 Å². The third-order valence-corrected chi connectivity index (χ3v) is 9.25. The van der Waals surface area contributed by atoms with Gasteiger partial charge in [-0.1, -0.05) is 38.1 Å². The van der Waals surface area contributed by atoms with Gasteiger partial charge in [-0.2, -0.15) is 0 Å². The Balaban J connectivity index is 1.81. The Morgan fingerprint density at radius 3 is 2.51 bits per heavy atom. The van der Waals surface area contributed by atoms with E-state index in [9.17, 15) is 24.6 Å². The number of rotatable bonds is 5. The van der Waals surface area contributed by atoms with Crippen LogP contribution in [0.15, 0.2) is 54.0 Å². The van der Waals surface area contributed by atoms with E-state index in [2.05, 4.69) is 11.6 Å². The van der Waals surface area contributed by atoms with Crippen molar-refractivity contribution < 1.29 is 28.6 Å². The number of phenolic OH excluding ortho intramolecular Hbond substituents is 1. The number of carbonyl (C=O) groups excluding carboxylic acids is 2. The summed E-state index contributed by atoms with van der Waals surface area (Å²) in [6, 6.07) is 5.02. The molecule has 6 rings (SSSR count). The van der Waals surface area contributed by atoms with Crippen LogP contribution in [0.3, 0.4) is 0 Å². The number of amides is 2. The second-order valence-corrected chi connectivity index (χ2v) is 12.4. The predicted octanol–water partition coefficient (Wildman–Crippen LogP) is 4.87. The largest absolute Gasteiger partial charge is 0.507 e. The van der Waals surface area contributed by atoms with Crippen LogP contribution in [0.4, 0.5) is 20.2 Å². The van der Waals surface area contributed by atoms with E-state index >= 15 is 8.78 Å². The number of fused-ring (bicyclic) bond motifs is 5. The van der Waals surface area contributed by atoms with Crippen LogP contribution in [0.25, 0.3) is 27.7 Å². The standard InChI is InChI=1S/C34H32ClF2N5O5/c1-6-24(45)40-14-22-33(46)39(5)32-31(41(22)13-17(40)4)19-12-20(35)25(26-21(36)8-7-9-23(26)44)27(37)30(19)42(34(32)47)29-18(15-43)10-11-38-28(29)16(2)3/h6-12,16-17,22,43-44H,1,13-15H2,2-5H3. The highest BCUT2D eigenvalue weighted by molar-refractivity contribution is 6.35. The zero-order valence-electron chi connectivity index (χ0n) is 26.1. The first-order chi connectivity index (χ1) is 22.3. The molecule has 0 aliphatic carbocycles. The topological polar surface area (TPSA) is 119 Å². The maximum atomic E-state index is 17.4. The van der Waals surface area contributed by atoms with Crippen molar-refractivity contribution in [1.29, 1.82) is 0 Å². The summed E-state index contributed by atoms with van der Waals surface area (Å²) in [6.45, 7) is 8.54. The van der Waals surface area contributed by atoms with E-state index in [0.717, 1.165) is 10.6 Å². The SMILES string of the molecule is C=CC(=O)N1CC2C(=O)N(C)c3c(c4cc(Cl)c(-c5c(O)cccc5F)c(F)c4n(-c4c(CO)ccnc4C(C)C)c3=O)N2CC1C. The van der Waals surface area contributed by atoms with Gasteiger partial charge >= 0.3 is 0 Å². The molecule has 47 heavy (non-hydrogen) atoms. The van der Waals surface area contributed by atoms with E-state index < -0.39 is 58.7 Å². The summed E-state index contributed by atoms with van der Waals surface area (Å²) >= 11 is 6.74. The Bertz CT molecular complexity index is 2050. The lowest BCUT2D eigenvalue weighted by atomic mass is 9.95. The zero-order valence-corrected chi connectivity index (χ0v) is 26.8. The summed E-state index contributed by atoms with van der Waals surface area (Å²) in [7, 11) is 1.43. The van der Waals surface area contributed by atoms with E-state index in [1.165, 1.54) is 53.4 Å². The monoisotopic (exact) mass is 663 g/mol. The van der Waals surface area contributed by atoms with Crippen molar-refractivity contribution in [3.05, 3.63) is 87.5 Å². The van der Waals surface area contributed by atoms with Crippen LogP contribution in [0.5, 0.6) is 5.75 Å². The van der Waals surface area contributed by atoms with Crippen molar-refractivity contribution in [3.8, 4) is 22.6 Å². The second-order valence-electron chi connectivity index (χ2n) is 12.0. The summed E-state index contributed by atoms with van der Waals surface area (Å²) in [4.78, 5) is 50.3. The fourth-order valence-electron chi connectivity index (χ4n) is 6.75. The normalized spacial score (nSPS) is 17.7. The quantitative estimate of drug-likeness (QED) is 0.293. The van der Waals surface area contributed by atoms with E-state index in [-0.39, 0.29) is 63.5 Å². The Morgan fingerprint density at radius 1 is 1.15 bits per heavy atom. The van der Waals surface area contributed by atoms with Gasteiger partial charge in [-0.05, 0) is 43.2 Å². The predicted molar refractivity (Wildman–Crippen MR) is 175 cm³/mol. The molecule has 2 aliphatic rings. The molecule has 2 aromatic heterocycles. The lowest BCUT2D eigenvalue weighted by Gasteiger charge is -2.50. The number of benzene rings is 2. The van der Waals surface area contributed by atoms with E-state index in [1.807, 2.05) is 13.8 Å². The fourth-order valence-corrected chi connectivity index (χ4v) is 7.04. The smallest absolute Gasteiger partial charge is 0.281 e. The van der Waals surface area contributed by atoms with Crippen LogP contribution < -0.4 is 15.4 Å². The van der Waals surface area contributed by atoms with Gasteiger partial charge in [0.25, 0.3) is 11.5 Å². The van der Waals surface area contributed by atoms with Gasteiger partial charge in [-0.15, -0.1) is 0 Å². The average molecular weight is 664 g/mol. The van der Waals surface area contributed by atoms with E-state index in [4.69, 9.17) is 11.6 Å². The molecular formula is C34H32ClF2N5O5. The number of halogens is 3. The first-order valence-electron chi connectivity index (χ1n) is 15.0. The van der Waals surface area contributed by atoms with Crippen LogP contribution in [-0.4, -0.2) is 68.7 Å². The highest BCUT2D eigenvalue weighted by atomic mass is 35.5. The van der Waals surface area contributed by atoms with Gasteiger partial charge in [-0.3, -0.25) is 23.9 Å². The second kappa shape index (κ2) is 11.8. The van der Waals surface area contributed by atoms with Gasteiger partial charge in [0.2, 0.25) is 5.91 Å². The van der Waals surface area contributed by atoms with E-state index in [1.54, 1.807) is 11.8 Å². The maximum Gasteiger partial charge on any atom is 0.281 e. The highest BCUT2D eigenvalue weighted by Crippen LogP contribution is 2.47. The summed E-state index contributed by atoms with van der Waals surface area (Å²) in [5, 5.41) is 20.9. The summed E-state index contributed by atoms with van der Waals surface area (Å²) in [6.07, 6.45) is 2.64. The Hall–Kier alpha value is -4.81. The summed E-state index contributed by atoms with van der Waals surface area (Å²) in [5.41, 5.74) is -1.25. The van der Waals surface area contributed by atoms with Gasteiger partial charge in [0.15, 0.2) is 5.82 Å². The number of likely N-dealkylation sites (N-methyl/N-ethyl adjacent to an activating group) is 1. The molecule has 0 spiro atoms. The average Bonchev–Trinajstić information content (AvgIpc) is 3.03. The minimum absolute atomic E-state index is 0.0224. The number of carbonyl (C=O) groups is 2. The number of hydrogen-bond donors (Lipinski definition) is 2. The molecule has 2 unspecified atom stereocenters. The molecule has 1 saturated heterocycles. The van der Waals surface area contributed by atoms with Gasteiger partial charge in [0, 0.05) is 42.3 Å². The van der Waals surface area contributed by atoms with Crippen molar-refractivity contribution in [2.45, 2.75) is 45.4 Å². The molecule has 2 atom stereocenters. The summed E-state index contributed by atoms with van der Waals surface area (Å²) in [5.74, 6) is -3.76. The molecule has 2 N–H and O–H groups in total. The Labute approximate surface area is 273 Å². The van der Waals surface area contributed by atoms with Crippen LogP contribution in [0.2, 0.25) is 5.02 Å². The zero-order chi connectivity index (χ0) is 34.1. The molecule has 2 aliphatic heterocycles. The van der Waals surface area contributed by atoms with Crippen molar-refractivity contribution >= 4 is 45.7 Å². The van der Waals surface area contributed by atoms with Crippen molar-refractivity contribution in [3.63, 3.8) is 0 Å². The highest BCUT2D eigenvalue weighted by Gasteiger charge is 2.46. The first kappa shape index (κ1) is 32.1. The molecule has 0 saturated carbocycles. The van der Waals surface area contributed by atoms with Crippen molar-refractivity contribution in [2.75, 3.05) is 29.9 Å². The Morgan fingerprint density at radius 2 is 1.87 bits per heavy atom. The van der Waals surface area contributed by atoms with Crippen LogP contribution in [-0.2, 0) is 16.2 Å². The number of nitrogens with zero attached hydrogens (tertiary/aromatic N) is 5. The van der Waals surface area contributed by atoms with E-state index in [0.29, 0.717) is 5.69 Å². The molecule has 10 nitrogen and oxygen atoms in total. The number of aromatic nitrogens is 2. The van der Waals surface area contributed by atoms with Crippen LogP contribution >= 0.6 is 11.6 Å². The van der Waals surface area contributed by atoms with Gasteiger partial charge < -0.3 is 24.9 Å². The first-order valence-corrected chi connectivity index (χ1v) is 15.4. The Kier molecular flexibility index (Phi) is 8.05. The minimum atomic E-state index is -1.11. The molecule has 2 aromatic carbocycles. The molecule has 2 amide bonds. The van der Waals surface area contributed by atoms with Crippen LogP contribution in [0.1, 0.15) is 37.9 Å². The molecule has 1 fully saturated rings. The van der Waals surface area contributed by atoms with Gasteiger partial charge in [-0.25, -0.2) is 8.78 Å². The molecular weight excluding hydrogens is 632 g/mol. The van der Waals surface area contributed by atoms with Crippen molar-refractivity contribution in [1.82, 2.24) is 14.5 Å². The molecule has 4 heterocycles. The number of piperazine rings is 1. The third kappa shape index (κ3) is 4.77. The minimum Gasteiger partial charge on any atom is -0.507 e. The number of phenols is 1. The molecule has 13 heteroatoms. The molecule has 0 radical (unpaired) electrons. The molecule has 4 aromatic rings. The number of aliphatic hydroxyl groups is 1. The number of aromatic hydroxyl groups is 1. The van der Waals surface area contributed by atoms with Gasteiger partial charge in [0.1, 0.15) is 23.3 Å². The molecule has 0 bridgehead atoms. The number of aliphatic hydroxyl groups excluding tert-OH is 1. The summed E-state index contributed by atoms with van der Waals surface area (Å²) < 4.78 is 33.7. The number of hydrogen-bond acceptors (Lipinski definition) is 7. The third-order valence-electron chi connectivity index (χ3n) is 8.95. The lowest BCUT2D eigenvalue weighted by Crippen LogP contribution is -2.66. The number of pyridine rings is 2. The maximum absolute atomic E-state index is 17.4. The molecule has 244 valence electrons. The lowest BCUT2D eigenvalue weighted by molar-refractivity contribution is -0.130.